The third-order valence-electron chi connectivity index (χ3n) is 4.49. The second kappa shape index (κ2) is 7.53. The van der Waals surface area contributed by atoms with Crippen molar-refractivity contribution in [1.29, 1.82) is 0 Å². The van der Waals surface area contributed by atoms with Crippen molar-refractivity contribution in [2.45, 2.75) is 45.3 Å². The zero-order valence-electron chi connectivity index (χ0n) is 13.9. The summed E-state index contributed by atoms with van der Waals surface area (Å²) in [6, 6.07) is 0. The Morgan fingerprint density at radius 2 is 2.33 bits per heavy atom. The van der Waals surface area contributed by atoms with Crippen LogP contribution < -0.4 is 0 Å². The highest BCUT2D eigenvalue weighted by atomic mass is 16.3. The maximum atomic E-state index is 12.5. The second-order valence-electron chi connectivity index (χ2n) is 6.22. The molecular weight excluding hydrogens is 306 g/mol. The van der Waals surface area contributed by atoms with Gasteiger partial charge < -0.3 is 14.6 Å². The molecule has 7 heteroatoms. The lowest BCUT2D eigenvalue weighted by Crippen LogP contribution is -2.40. The topological polar surface area (TPSA) is 84.1 Å². The molecule has 0 saturated carbocycles. The summed E-state index contributed by atoms with van der Waals surface area (Å²) in [6.45, 7) is 3.88. The molecule has 1 atom stereocenters. The van der Waals surface area contributed by atoms with Crippen molar-refractivity contribution in [1.82, 2.24) is 24.4 Å². The van der Waals surface area contributed by atoms with E-state index in [1.807, 2.05) is 22.6 Å². The molecule has 0 bridgehead atoms. The number of likely N-dealkylation sites (tertiary alicyclic amines) is 1. The summed E-state index contributed by atoms with van der Waals surface area (Å²) >= 11 is 0. The molecule has 1 saturated heterocycles. The fourth-order valence-corrected chi connectivity index (χ4v) is 3.22. The third kappa shape index (κ3) is 3.79. The normalized spacial score (nSPS) is 17.9. The van der Waals surface area contributed by atoms with E-state index in [9.17, 15) is 9.90 Å². The lowest BCUT2D eigenvalue weighted by Gasteiger charge is -2.33. The molecule has 2 aromatic rings. The molecule has 1 fully saturated rings. The van der Waals surface area contributed by atoms with Crippen LogP contribution in [0.3, 0.4) is 0 Å². The van der Waals surface area contributed by atoms with Crippen molar-refractivity contribution in [2.24, 2.45) is 0 Å². The van der Waals surface area contributed by atoms with Gasteiger partial charge in [0.1, 0.15) is 5.82 Å². The van der Waals surface area contributed by atoms with E-state index >= 15 is 0 Å². The Balaban J connectivity index is 1.65. The number of hydrogen-bond donors (Lipinski definition) is 1. The molecule has 3 heterocycles. The summed E-state index contributed by atoms with van der Waals surface area (Å²) in [4.78, 5) is 27.1. The van der Waals surface area contributed by atoms with Crippen molar-refractivity contribution in [3.63, 3.8) is 0 Å². The van der Waals surface area contributed by atoms with E-state index < -0.39 is 0 Å². The molecule has 0 aromatic carbocycles. The summed E-state index contributed by atoms with van der Waals surface area (Å²) < 4.78 is 1.91. The Morgan fingerprint density at radius 3 is 3.08 bits per heavy atom. The number of carbonyl (C=O) groups is 1. The molecule has 1 unspecified atom stereocenters. The van der Waals surface area contributed by atoms with Crippen LogP contribution in [0.1, 0.15) is 42.3 Å². The zero-order valence-corrected chi connectivity index (χ0v) is 13.9. The van der Waals surface area contributed by atoms with Gasteiger partial charge >= 0.3 is 0 Å². The predicted octanol–water partition coefficient (Wildman–Crippen LogP) is 1.27. The molecule has 0 spiro atoms. The van der Waals surface area contributed by atoms with Crippen LogP contribution in [0, 0.1) is 6.92 Å². The smallest absolute Gasteiger partial charge is 0.224 e. The first-order chi connectivity index (χ1) is 11.7. The van der Waals surface area contributed by atoms with E-state index in [4.69, 9.17) is 0 Å². The van der Waals surface area contributed by atoms with E-state index in [0.29, 0.717) is 25.3 Å². The van der Waals surface area contributed by atoms with Crippen LogP contribution in [-0.2, 0) is 17.9 Å². The average Bonchev–Trinajstić information content (AvgIpc) is 3.13. The molecule has 0 radical (unpaired) electrons. The highest BCUT2D eigenvalue weighted by Crippen LogP contribution is 2.28. The molecule has 1 amide bonds. The number of piperidine rings is 1. The maximum absolute atomic E-state index is 12.5. The van der Waals surface area contributed by atoms with Crippen LogP contribution in [-0.4, -0.2) is 48.5 Å². The third-order valence-corrected chi connectivity index (χ3v) is 4.49. The Bertz CT molecular complexity index is 686. The average molecular weight is 329 g/mol. The van der Waals surface area contributed by atoms with Gasteiger partial charge in [0.2, 0.25) is 5.91 Å². The lowest BCUT2D eigenvalue weighted by atomic mass is 9.92. The van der Waals surface area contributed by atoms with E-state index in [-0.39, 0.29) is 18.4 Å². The van der Waals surface area contributed by atoms with Gasteiger partial charge in [0.15, 0.2) is 0 Å². The monoisotopic (exact) mass is 329 g/mol. The minimum absolute atomic E-state index is 0.0688. The number of aliphatic hydroxyl groups is 1. The lowest BCUT2D eigenvalue weighted by molar-refractivity contribution is -0.132. The number of aliphatic hydroxyl groups excluding tert-OH is 1. The zero-order chi connectivity index (χ0) is 16.9. The molecular formula is C17H23N5O2. The van der Waals surface area contributed by atoms with Gasteiger partial charge in [-0.2, -0.15) is 0 Å². The molecule has 1 aliphatic heterocycles. The minimum Gasteiger partial charge on any atom is -0.392 e. The van der Waals surface area contributed by atoms with E-state index in [1.54, 1.807) is 18.7 Å². The van der Waals surface area contributed by atoms with Crippen LogP contribution in [0.25, 0.3) is 0 Å². The number of amides is 1. The first-order valence-corrected chi connectivity index (χ1v) is 8.34. The first-order valence-electron chi connectivity index (χ1n) is 8.34. The van der Waals surface area contributed by atoms with Gasteiger partial charge in [-0.3, -0.25) is 4.79 Å². The molecule has 1 aliphatic rings. The van der Waals surface area contributed by atoms with Crippen molar-refractivity contribution >= 4 is 5.91 Å². The predicted molar refractivity (Wildman–Crippen MR) is 88.1 cm³/mol. The van der Waals surface area contributed by atoms with Gasteiger partial charge in [-0.15, -0.1) is 0 Å². The summed E-state index contributed by atoms with van der Waals surface area (Å²) in [6.07, 6.45) is 9.41. The van der Waals surface area contributed by atoms with Crippen LogP contribution in [0.15, 0.2) is 24.9 Å². The number of aryl methyl sites for hydroxylation is 2. The van der Waals surface area contributed by atoms with Gasteiger partial charge in [-0.1, -0.05) is 0 Å². The highest BCUT2D eigenvalue weighted by Gasteiger charge is 2.27. The molecule has 2 aromatic heterocycles. The SMILES string of the molecule is Cc1ncc(CO)c(C2CCCN(C(=O)CCn3ccnc3)C2)n1. The van der Waals surface area contributed by atoms with Crippen molar-refractivity contribution in [2.75, 3.05) is 13.1 Å². The number of carbonyl (C=O) groups excluding carboxylic acids is 1. The van der Waals surface area contributed by atoms with Gasteiger partial charge in [-0.25, -0.2) is 15.0 Å². The Morgan fingerprint density at radius 1 is 1.46 bits per heavy atom. The Labute approximate surface area is 141 Å². The van der Waals surface area contributed by atoms with E-state index in [2.05, 4.69) is 15.0 Å². The van der Waals surface area contributed by atoms with Crippen molar-refractivity contribution in [3.8, 4) is 0 Å². The second-order valence-corrected chi connectivity index (χ2v) is 6.22. The van der Waals surface area contributed by atoms with Crippen LogP contribution in [0.2, 0.25) is 0 Å². The summed E-state index contributed by atoms with van der Waals surface area (Å²) in [5, 5.41) is 9.54. The summed E-state index contributed by atoms with van der Waals surface area (Å²) in [5.41, 5.74) is 1.65. The highest BCUT2D eigenvalue weighted by molar-refractivity contribution is 5.76. The molecule has 1 N–H and O–H groups in total. The summed E-state index contributed by atoms with van der Waals surface area (Å²) in [5.74, 6) is 1.02. The van der Waals surface area contributed by atoms with Crippen molar-refractivity contribution < 1.29 is 9.90 Å². The Kier molecular flexibility index (Phi) is 5.20. The van der Waals surface area contributed by atoms with E-state index in [0.717, 1.165) is 30.6 Å². The first kappa shape index (κ1) is 16.6. The fourth-order valence-electron chi connectivity index (χ4n) is 3.22. The number of nitrogens with zero attached hydrogens (tertiary/aromatic N) is 5. The van der Waals surface area contributed by atoms with Gasteiger partial charge in [0.05, 0.1) is 18.6 Å². The van der Waals surface area contributed by atoms with Gasteiger partial charge in [0.25, 0.3) is 0 Å². The van der Waals surface area contributed by atoms with Crippen LogP contribution in [0.5, 0.6) is 0 Å². The molecule has 24 heavy (non-hydrogen) atoms. The number of aromatic nitrogens is 4. The molecule has 128 valence electrons. The molecule has 0 aliphatic carbocycles. The van der Waals surface area contributed by atoms with Crippen LogP contribution >= 0.6 is 0 Å². The number of imidazole rings is 1. The standard InChI is InChI=1S/C17H23N5O2/c1-13-19-9-15(11-23)17(20-13)14-3-2-6-22(10-14)16(24)4-7-21-8-5-18-12-21/h5,8-9,12,14,23H,2-4,6-7,10-11H2,1H3. The van der Waals surface area contributed by atoms with Gasteiger partial charge in [0, 0.05) is 56.1 Å². The minimum atomic E-state index is -0.0688. The summed E-state index contributed by atoms with van der Waals surface area (Å²) in [7, 11) is 0. The fraction of sp³-hybridized carbons (Fsp3) is 0.529. The largest absolute Gasteiger partial charge is 0.392 e. The number of hydrogen-bond acceptors (Lipinski definition) is 5. The molecule has 3 rings (SSSR count). The maximum Gasteiger partial charge on any atom is 0.224 e. The quantitative estimate of drug-likeness (QED) is 0.893. The van der Waals surface area contributed by atoms with Gasteiger partial charge in [-0.05, 0) is 19.8 Å². The molecule has 7 nitrogen and oxygen atoms in total. The van der Waals surface area contributed by atoms with Crippen molar-refractivity contribution in [3.05, 3.63) is 42.0 Å². The Hall–Kier alpha value is -2.28. The van der Waals surface area contributed by atoms with E-state index in [1.165, 1.54) is 0 Å². The van der Waals surface area contributed by atoms with Crippen LogP contribution in [0.4, 0.5) is 0 Å². The number of rotatable bonds is 5.